The number of hydrogen-bond acceptors (Lipinski definition) is 4. The minimum atomic E-state index is -0.622. The van der Waals surface area contributed by atoms with Crippen LogP contribution in [0.25, 0.3) is 0 Å². The molecule has 1 rings (SSSR count). The van der Waals surface area contributed by atoms with Crippen molar-refractivity contribution in [3.8, 4) is 5.75 Å². The van der Waals surface area contributed by atoms with Crippen molar-refractivity contribution in [3.63, 3.8) is 0 Å². The molecule has 0 fully saturated rings. The third kappa shape index (κ3) is 4.55. The minimum absolute atomic E-state index is 0.219. The molecule has 0 aliphatic heterocycles. The molecule has 1 unspecified atom stereocenters. The summed E-state index contributed by atoms with van der Waals surface area (Å²) in [4.78, 5) is 22.2. The monoisotopic (exact) mass is 251 g/mol. The van der Waals surface area contributed by atoms with Gasteiger partial charge in [0, 0.05) is 19.2 Å². The van der Waals surface area contributed by atoms with Crippen molar-refractivity contribution in [1.82, 2.24) is 5.32 Å². The van der Waals surface area contributed by atoms with Gasteiger partial charge in [0.15, 0.2) is 6.10 Å². The lowest BCUT2D eigenvalue weighted by Gasteiger charge is -2.14. The van der Waals surface area contributed by atoms with Gasteiger partial charge in [-0.1, -0.05) is 12.1 Å². The number of hydrogen-bond donors (Lipinski definition) is 1. The van der Waals surface area contributed by atoms with E-state index in [1.54, 1.807) is 38.3 Å². The number of amides is 1. The first-order chi connectivity index (χ1) is 8.67. The fraction of sp³-hybridized carbons (Fsp3) is 0.385. The first-order valence-corrected chi connectivity index (χ1v) is 5.66. The number of carbonyl (C=O) groups excluding carboxylic acids is 2. The Morgan fingerprint density at radius 3 is 2.94 bits per heavy atom. The highest BCUT2D eigenvalue weighted by Crippen LogP contribution is 2.13. The Balaban J connectivity index is 2.49. The second kappa shape index (κ2) is 7.45. The van der Waals surface area contributed by atoms with E-state index in [0.717, 1.165) is 6.29 Å². The Kier molecular flexibility index (Phi) is 5.87. The molecule has 0 aliphatic rings. The molecule has 0 spiro atoms. The minimum Gasteiger partial charge on any atom is -0.481 e. The summed E-state index contributed by atoms with van der Waals surface area (Å²) in [6, 6.07) is 6.66. The molecule has 0 aliphatic carbocycles. The van der Waals surface area contributed by atoms with E-state index >= 15 is 0 Å². The molecular weight excluding hydrogens is 234 g/mol. The van der Waals surface area contributed by atoms with Gasteiger partial charge in [-0.25, -0.2) is 0 Å². The zero-order chi connectivity index (χ0) is 13.4. The molecule has 1 aromatic carbocycles. The number of methoxy groups -OCH3 is 1. The molecule has 0 saturated heterocycles. The lowest BCUT2D eigenvalue weighted by molar-refractivity contribution is -0.127. The average Bonchev–Trinajstić information content (AvgIpc) is 2.39. The van der Waals surface area contributed by atoms with Crippen molar-refractivity contribution in [2.75, 3.05) is 20.3 Å². The molecule has 5 heteroatoms. The average molecular weight is 251 g/mol. The van der Waals surface area contributed by atoms with Crippen LogP contribution >= 0.6 is 0 Å². The standard InChI is InChI=1S/C13H17NO4/c1-10(13(16)14-6-7-17-2)18-12-5-3-4-11(8-12)9-15/h3-5,8-10H,6-7H2,1-2H3,(H,14,16). The van der Waals surface area contributed by atoms with Crippen LogP contribution in [0.1, 0.15) is 17.3 Å². The van der Waals surface area contributed by atoms with Gasteiger partial charge < -0.3 is 14.8 Å². The predicted octanol–water partition coefficient (Wildman–Crippen LogP) is 1.03. The van der Waals surface area contributed by atoms with Crippen molar-refractivity contribution in [2.45, 2.75) is 13.0 Å². The highest BCUT2D eigenvalue weighted by atomic mass is 16.5. The van der Waals surface area contributed by atoms with Crippen molar-refractivity contribution in [1.29, 1.82) is 0 Å². The summed E-state index contributed by atoms with van der Waals surface area (Å²) in [5, 5.41) is 2.67. The van der Waals surface area contributed by atoms with Crippen LogP contribution in [0.2, 0.25) is 0 Å². The zero-order valence-corrected chi connectivity index (χ0v) is 10.5. The summed E-state index contributed by atoms with van der Waals surface area (Å²) >= 11 is 0. The van der Waals surface area contributed by atoms with Crippen molar-refractivity contribution in [2.24, 2.45) is 0 Å². The largest absolute Gasteiger partial charge is 0.481 e. The van der Waals surface area contributed by atoms with Crippen molar-refractivity contribution < 1.29 is 19.1 Å². The zero-order valence-electron chi connectivity index (χ0n) is 10.5. The van der Waals surface area contributed by atoms with E-state index < -0.39 is 6.10 Å². The van der Waals surface area contributed by atoms with E-state index in [9.17, 15) is 9.59 Å². The van der Waals surface area contributed by atoms with Crippen LogP contribution in [-0.2, 0) is 9.53 Å². The van der Waals surface area contributed by atoms with E-state index in [0.29, 0.717) is 24.5 Å². The van der Waals surface area contributed by atoms with Gasteiger partial charge in [-0.15, -0.1) is 0 Å². The fourth-order valence-corrected chi connectivity index (χ4v) is 1.34. The summed E-state index contributed by atoms with van der Waals surface area (Å²) in [6.07, 6.45) is 0.111. The van der Waals surface area contributed by atoms with Crippen LogP contribution in [-0.4, -0.2) is 38.6 Å². The quantitative estimate of drug-likeness (QED) is 0.580. The fourth-order valence-electron chi connectivity index (χ4n) is 1.34. The van der Waals surface area contributed by atoms with E-state index in [4.69, 9.17) is 9.47 Å². The lowest BCUT2D eigenvalue weighted by atomic mass is 10.2. The molecule has 5 nitrogen and oxygen atoms in total. The SMILES string of the molecule is COCCNC(=O)C(C)Oc1cccc(C=O)c1. The number of rotatable bonds is 7. The number of carbonyl (C=O) groups is 2. The number of ether oxygens (including phenoxy) is 2. The number of benzene rings is 1. The van der Waals surface area contributed by atoms with Gasteiger partial charge in [-0.3, -0.25) is 9.59 Å². The maximum Gasteiger partial charge on any atom is 0.260 e. The highest BCUT2D eigenvalue weighted by molar-refractivity contribution is 5.80. The van der Waals surface area contributed by atoms with Crippen LogP contribution < -0.4 is 10.1 Å². The summed E-state index contributed by atoms with van der Waals surface area (Å²) < 4.78 is 10.3. The Morgan fingerprint density at radius 2 is 2.28 bits per heavy atom. The first kappa shape index (κ1) is 14.2. The van der Waals surface area contributed by atoms with Gasteiger partial charge in [0.05, 0.1) is 6.61 Å². The molecule has 1 N–H and O–H groups in total. The third-order valence-electron chi connectivity index (χ3n) is 2.28. The number of nitrogens with one attached hydrogen (secondary N) is 1. The van der Waals surface area contributed by atoms with Crippen LogP contribution in [0.4, 0.5) is 0 Å². The van der Waals surface area contributed by atoms with Gasteiger partial charge in [0.1, 0.15) is 12.0 Å². The topological polar surface area (TPSA) is 64.6 Å². The molecule has 18 heavy (non-hydrogen) atoms. The Labute approximate surface area is 106 Å². The van der Waals surface area contributed by atoms with E-state index in [2.05, 4.69) is 5.32 Å². The molecular formula is C13H17NO4. The second-order valence-electron chi connectivity index (χ2n) is 3.73. The van der Waals surface area contributed by atoms with Crippen molar-refractivity contribution >= 4 is 12.2 Å². The van der Waals surface area contributed by atoms with Crippen LogP contribution in [0.15, 0.2) is 24.3 Å². The maximum atomic E-state index is 11.6. The predicted molar refractivity (Wildman–Crippen MR) is 66.8 cm³/mol. The normalized spacial score (nSPS) is 11.7. The lowest BCUT2D eigenvalue weighted by Crippen LogP contribution is -2.37. The summed E-state index contributed by atoms with van der Waals surface area (Å²) in [5.41, 5.74) is 0.513. The van der Waals surface area contributed by atoms with E-state index in [-0.39, 0.29) is 5.91 Å². The molecule has 0 bridgehead atoms. The molecule has 1 amide bonds. The van der Waals surface area contributed by atoms with Crippen LogP contribution in [0.3, 0.4) is 0 Å². The molecule has 0 aromatic heterocycles. The molecule has 1 atom stereocenters. The Bertz CT molecular complexity index is 406. The molecule has 0 radical (unpaired) electrons. The van der Waals surface area contributed by atoms with Crippen LogP contribution in [0, 0.1) is 0 Å². The van der Waals surface area contributed by atoms with Gasteiger partial charge in [0.2, 0.25) is 0 Å². The van der Waals surface area contributed by atoms with Gasteiger partial charge in [-0.2, -0.15) is 0 Å². The van der Waals surface area contributed by atoms with Gasteiger partial charge in [0.25, 0.3) is 5.91 Å². The summed E-state index contributed by atoms with van der Waals surface area (Å²) in [7, 11) is 1.57. The van der Waals surface area contributed by atoms with Gasteiger partial charge >= 0.3 is 0 Å². The Morgan fingerprint density at radius 1 is 1.50 bits per heavy atom. The second-order valence-corrected chi connectivity index (χ2v) is 3.73. The van der Waals surface area contributed by atoms with E-state index in [1.807, 2.05) is 0 Å². The Hall–Kier alpha value is -1.88. The molecule has 0 saturated carbocycles. The summed E-state index contributed by atoms with van der Waals surface area (Å²) in [5.74, 6) is 0.276. The molecule has 0 heterocycles. The molecule has 1 aromatic rings. The highest BCUT2D eigenvalue weighted by Gasteiger charge is 2.13. The maximum absolute atomic E-state index is 11.6. The summed E-state index contributed by atoms with van der Waals surface area (Å²) in [6.45, 7) is 2.55. The van der Waals surface area contributed by atoms with Crippen LogP contribution in [0.5, 0.6) is 5.75 Å². The number of aldehydes is 1. The van der Waals surface area contributed by atoms with Gasteiger partial charge in [-0.05, 0) is 19.1 Å². The molecule has 98 valence electrons. The van der Waals surface area contributed by atoms with Crippen molar-refractivity contribution in [3.05, 3.63) is 29.8 Å². The third-order valence-corrected chi connectivity index (χ3v) is 2.28. The smallest absolute Gasteiger partial charge is 0.260 e. The first-order valence-electron chi connectivity index (χ1n) is 5.66. The van der Waals surface area contributed by atoms with E-state index in [1.165, 1.54) is 0 Å².